The van der Waals surface area contributed by atoms with Crippen molar-refractivity contribution >= 4 is 29.3 Å². The highest BCUT2D eigenvalue weighted by atomic mass is 35.5. The minimum atomic E-state index is -0.542. The van der Waals surface area contributed by atoms with Crippen molar-refractivity contribution in [2.75, 3.05) is 0 Å². The summed E-state index contributed by atoms with van der Waals surface area (Å²) in [7, 11) is 0. The molecule has 1 aromatic rings. The molecule has 0 aliphatic heterocycles. The lowest BCUT2D eigenvalue weighted by Gasteiger charge is -2.58. The van der Waals surface area contributed by atoms with Gasteiger partial charge in [-0.2, -0.15) is 0 Å². The third kappa shape index (κ3) is 3.45. The second-order valence-electron chi connectivity index (χ2n) is 8.76. The molecule has 0 radical (unpaired) electrons. The van der Waals surface area contributed by atoms with Gasteiger partial charge in [-0.15, -0.1) is 11.8 Å². The Labute approximate surface area is 158 Å². The van der Waals surface area contributed by atoms with Crippen molar-refractivity contribution < 1.29 is 9.90 Å². The maximum Gasteiger partial charge on any atom is 0.236 e. The fraction of sp³-hybridized carbons (Fsp3) is 0.650. The first-order valence-corrected chi connectivity index (χ1v) is 10.4. The van der Waals surface area contributed by atoms with E-state index in [2.05, 4.69) is 5.32 Å². The number of carbonyl (C=O) groups is 1. The average Bonchev–Trinajstić information content (AvgIpc) is 2.51. The third-order valence-corrected chi connectivity index (χ3v) is 7.73. The van der Waals surface area contributed by atoms with Crippen LogP contribution < -0.4 is 5.32 Å². The number of nitrogens with one attached hydrogen (secondary N) is 1. The first kappa shape index (κ1) is 17.7. The summed E-state index contributed by atoms with van der Waals surface area (Å²) < 4.78 is -0.542. The summed E-state index contributed by atoms with van der Waals surface area (Å²) in [4.78, 5) is 14.0. The molecule has 3 nitrogen and oxygen atoms in total. The lowest BCUT2D eigenvalue weighted by molar-refractivity contribution is -0.147. The van der Waals surface area contributed by atoms with Crippen LogP contribution in [0, 0.1) is 17.8 Å². The predicted molar refractivity (Wildman–Crippen MR) is 102 cm³/mol. The Kier molecular flexibility index (Phi) is 4.37. The van der Waals surface area contributed by atoms with Gasteiger partial charge in [0.25, 0.3) is 0 Å². The van der Waals surface area contributed by atoms with Crippen molar-refractivity contribution in [2.24, 2.45) is 17.8 Å². The van der Waals surface area contributed by atoms with Crippen LogP contribution in [-0.4, -0.2) is 27.4 Å². The van der Waals surface area contributed by atoms with Gasteiger partial charge in [0.1, 0.15) is 0 Å². The minimum absolute atomic E-state index is 0.0944. The van der Waals surface area contributed by atoms with Crippen molar-refractivity contribution in [3.05, 3.63) is 29.3 Å². The van der Waals surface area contributed by atoms with Crippen LogP contribution >= 0.6 is 23.4 Å². The standard InChI is InChI=1S/C20H26ClNO2S/c1-19(2,25-16-5-3-15(21)4-6-16)18(23)22-17-13-7-12-8-14(17)11-20(24,9-12)10-13/h3-6,12-14,17,24H,7-11H2,1-2H3,(H,22,23)/t12?,13-,14+,17?,20?. The van der Waals surface area contributed by atoms with Crippen molar-refractivity contribution in [3.63, 3.8) is 0 Å². The van der Waals surface area contributed by atoms with Gasteiger partial charge in [0.05, 0.1) is 10.3 Å². The topological polar surface area (TPSA) is 49.3 Å². The average molecular weight is 380 g/mol. The van der Waals surface area contributed by atoms with Gasteiger partial charge >= 0.3 is 0 Å². The highest BCUT2D eigenvalue weighted by molar-refractivity contribution is 8.01. The molecule has 5 rings (SSSR count). The van der Waals surface area contributed by atoms with E-state index in [-0.39, 0.29) is 11.9 Å². The maximum atomic E-state index is 13.0. The summed E-state index contributed by atoms with van der Waals surface area (Å²) in [5.41, 5.74) is -0.453. The fourth-order valence-electron chi connectivity index (χ4n) is 5.39. The van der Waals surface area contributed by atoms with E-state index in [0.717, 1.165) is 37.0 Å². The van der Waals surface area contributed by atoms with E-state index in [1.165, 1.54) is 0 Å². The Hall–Kier alpha value is -0.710. The molecule has 1 amide bonds. The van der Waals surface area contributed by atoms with Gasteiger partial charge in [-0.3, -0.25) is 4.79 Å². The molecule has 25 heavy (non-hydrogen) atoms. The van der Waals surface area contributed by atoms with Gasteiger partial charge < -0.3 is 10.4 Å². The van der Waals surface area contributed by atoms with E-state index >= 15 is 0 Å². The number of hydrogen-bond acceptors (Lipinski definition) is 3. The normalized spacial score (nSPS) is 36.5. The zero-order valence-corrected chi connectivity index (χ0v) is 16.4. The molecular weight excluding hydrogens is 354 g/mol. The molecule has 0 heterocycles. The van der Waals surface area contributed by atoms with Crippen molar-refractivity contribution in [1.29, 1.82) is 0 Å². The molecule has 4 aliphatic carbocycles. The number of hydrogen-bond donors (Lipinski definition) is 2. The molecule has 4 fully saturated rings. The molecule has 4 saturated carbocycles. The van der Waals surface area contributed by atoms with Crippen LogP contribution in [0.4, 0.5) is 0 Å². The Balaban J connectivity index is 1.43. The summed E-state index contributed by atoms with van der Waals surface area (Å²) in [5, 5.41) is 14.8. The number of thioether (sulfide) groups is 1. The van der Waals surface area contributed by atoms with Gasteiger partial charge in [0.15, 0.2) is 0 Å². The molecule has 1 aromatic carbocycles. The minimum Gasteiger partial charge on any atom is -0.390 e. The van der Waals surface area contributed by atoms with Crippen LogP contribution in [-0.2, 0) is 4.79 Å². The van der Waals surface area contributed by atoms with Gasteiger partial charge in [0, 0.05) is 16.0 Å². The molecule has 136 valence electrons. The second-order valence-corrected chi connectivity index (χ2v) is 10.9. The summed E-state index contributed by atoms with van der Waals surface area (Å²) in [5.74, 6) is 1.64. The smallest absolute Gasteiger partial charge is 0.236 e. The molecule has 0 spiro atoms. The van der Waals surface area contributed by atoms with Gasteiger partial charge in [-0.05, 0) is 88.0 Å². The number of carbonyl (C=O) groups excluding carboxylic acids is 1. The van der Waals surface area contributed by atoms with E-state index in [1.807, 2.05) is 38.1 Å². The lowest BCUT2D eigenvalue weighted by Crippen LogP contribution is -2.63. The fourth-order valence-corrected chi connectivity index (χ4v) is 6.52. The highest BCUT2D eigenvalue weighted by Gasteiger charge is 2.55. The Bertz CT molecular complexity index is 659. The summed E-state index contributed by atoms with van der Waals surface area (Å²) >= 11 is 7.51. The number of amides is 1. The van der Waals surface area contributed by atoms with Gasteiger partial charge in [-0.25, -0.2) is 0 Å². The van der Waals surface area contributed by atoms with Crippen LogP contribution in [0.2, 0.25) is 5.02 Å². The van der Waals surface area contributed by atoms with Crippen LogP contribution in [0.3, 0.4) is 0 Å². The molecule has 2 N–H and O–H groups in total. The zero-order valence-electron chi connectivity index (χ0n) is 14.8. The van der Waals surface area contributed by atoms with E-state index in [0.29, 0.717) is 22.8 Å². The van der Waals surface area contributed by atoms with E-state index in [9.17, 15) is 9.90 Å². The summed E-state index contributed by atoms with van der Waals surface area (Å²) in [6.45, 7) is 3.95. The van der Waals surface area contributed by atoms with Crippen LogP contribution in [0.25, 0.3) is 0 Å². The molecular formula is C20H26ClNO2S. The molecule has 3 unspecified atom stereocenters. The Morgan fingerprint density at radius 1 is 1.20 bits per heavy atom. The predicted octanol–water partition coefficient (Wildman–Crippen LogP) is 4.27. The van der Waals surface area contributed by atoms with Crippen molar-refractivity contribution in [1.82, 2.24) is 5.32 Å². The molecule has 4 bridgehead atoms. The summed E-state index contributed by atoms with van der Waals surface area (Å²) in [6, 6.07) is 7.86. The second kappa shape index (κ2) is 6.17. The Morgan fingerprint density at radius 2 is 1.80 bits per heavy atom. The zero-order chi connectivity index (χ0) is 17.8. The molecule has 5 atom stereocenters. The Morgan fingerprint density at radius 3 is 2.36 bits per heavy atom. The SMILES string of the molecule is CC(C)(Sc1ccc(Cl)cc1)C(=O)NC1[C@@H]2CC3C[C@H]1CC(O)(C3)C2. The van der Waals surface area contributed by atoms with E-state index in [4.69, 9.17) is 11.6 Å². The quantitative estimate of drug-likeness (QED) is 0.768. The number of rotatable bonds is 4. The monoisotopic (exact) mass is 379 g/mol. The van der Waals surface area contributed by atoms with Crippen molar-refractivity contribution in [2.45, 2.75) is 67.2 Å². The lowest BCUT2D eigenvalue weighted by atomic mass is 9.52. The van der Waals surface area contributed by atoms with Gasteiger partial charge in [-0.1, -0.05) is 11.6 Å². The van der Waals surface area contributed by atoms with Crippen molar-refractivity contribution in [3.8, 4) is 0 Å². The largest absolute Gasteiger partial charge is 0.390 e. The number of aliphatic hydroxyl groups is 1. The third-order valence-electron chi connectivity index (χ3n) is 6.27. The molecule has 5 heteroatoms. The van der Waals surface area contributed by atoms with E-state index in [1.54, 1.807) is 11.8 Å². The first-order chi connectivity index (χ1) is 11.7. The maximum absolute atomic E-state index is 13.0. The van der Waals surface area contributed by atoms with E-state index < -0.39 is 10.3 Å². The highest BCUT2D eigenvalue weighted by Crippen LogP contribution is 2.55. The number of halogens is 1. The van der Waals surface area contributed by atoms with Crippen LogP contribution in [0.15, 0.2) is 29.2 Å². The number of benzene rings is 1. The first-order valence-electron chi connectivity index (χ1n) is 9.22. The summed E-state index contributed by atoms with van der Waals surface area (Å²) in [6.07, 6.45) is 5.01. The molecule has 0 saturated heterocycles. The van der Waals surface area contributed by atoms with Crippen LogP contribution in [0.1, 0.15) is 46.0 Å². The molecule has 0 aromatic heterocycles. The molecule has 4 aliphatic rings. The van der Waals surface area contributed by atoms with Gasteiger partial charge in [0.2, 0.25) is 5.91 Å². The van der Waals surface area contributed by atoms with Crippen LogP contribution in [0.5, 0.6) is 0 Å².